The zero-order valence-electron chi connectivity index (χ0n) is 11.7. The number of aromatic nitrogens is 3. The Morgan fingerprint density at radius 1 is 1.33 bits per heavy atom. The van der Waals surface area contributed by atoms with Gasteiger partial charge in [-0.1, -0.05) is 11.6 Å². The molecular formula is C13H17ClN4O2S. The van der Waals surface area contributed by atoms with Crippen molar-refractivity contribution >= 4 is 32.7 Å². The van der Waals surface area contributed by atoms with Crippen LogP contribution in [-0.2, 0) is 16.6 Å². The monoisotopic (exact) mass is 328 g/mol. The number of nitrogens with zero attached hydrogens (tertiary/aromatic N) is 4. The van der Waals surface area contributed by atoms with E-state index in [0.29, 0.717) is 24.2 Å². The molecular weight excluding hydrogens is 312 g/mol. The Bertz CT molecular complexity index is 751. The molecule has 0 bridgehead atoms. The number of halogens is 1. The van der Waals surface area contributed by atoms with E-state index in [9.17, 15) is 8.42 Å². The molecule has 1 aliphatic heterocycles. The second-order valence-corrected chi connectivity index (χ2v) is 7.82. The Kier molecular flexibility index (Phi) is 3.90. The van der Waals surface area contributed by atoms with Crippen LogP contribution in [-0.4, -0.2) is 46.6 Å². The molecule has 114 valence electrons. The van der Waals surface area contributed by atoms with Crippen LogP contribution in [0.2, 0.25) is 5.15 Å². The molecule has 6 nitrogen and oxygen atoms in total. The van der Waals surface area contributed by atoms with Gasteiger partial charge in [0.2, 0.25) is 10.0 Å². The van der Waals surface area contributed by atoms with Crippen molar-refractivity contribution in [2.75, 3.05) is 19.3 Å². The average molecular weight is 329 g/mol. The molecule has 0 N–H and O–H groups in total. The second-order valence-electron chi connectivity index (χ2n) is 5.48. The Morgan fingerprint density at radius 3 is 2.71 bits per heavy atom. The van der Waals surface area contributed by atoms with E-state index in [1.807, 2.05) is 12.3 Å². The van der Waals surface area contributed by atoms with Crippen LogP contribution in [0.25, 0.3) is 11.0 Å². The Balaban J connectivity index is 1.72. The smallest absolute Gasteiger partial charge is 0.211 e. The third-order valence-corrected chi connectivity index (χ3v) is 5.61. The molecule has 0 saturated carbocycles. The molecule has 3 rings (SSSR count). The van der Waals surface area contributed by atoms with Crippen LogP contribution < -0.4 is 0 Å². The summed E-state index contributed by atoms with van der Waals surface area (Å²) >= 11 is 6.04. The first-order chi connectivity index (χ1) is 9.95. The SMILES string of the molecule is CS(=O)(=O)N1CCC(Cn2ccc3c(Cl)ncnc32)CC1. The van der Waals surface area contributed by atoms with Crippen molar-refractivity contribution in [1.29, 1.82) is 0 Å². The van der Waals surface area contributed by atoms with Gasteiger partial charge in [-0.15, -0.1) is 0 Å². The highest BCUT2D eigenvalue weighted by Crippen LogP contribution is 2.25. The van der Waals surface area contributed by atoms with Crippen molar-refractivity contribution in [2.24, 2.45) is 5.92 Å². The van der Waals surface area contributed by atoms with Gasteiger partial charge in [0, 0.05) is 25.8 Å². The molecule has 0 aromatic carbocycles. The third kappa shape index (κ3) is 3.04. The predicted octanol–water partition coefficient (Wildman–Crippen LogP) is 1.76. The van der Waals surface area contributed by atoms with Gasteiger partial charge in [0.15, 0.2) is 0 Å². The number of piperidine rings is 1. The van der Waals surface area contributed by atoms with E-state index in [0.717, 1.165) is 30.4 Å². The Morgan fingerprint density at radius 2 is 2.05 bits per heavy atom. The zero-order valence-corrected chi connectivity index (χ0v) is 13.3. The molecule has 21 heavy (non-hydrogen) atoms. The zero-order chi connectivity index (χ0) is 15.0. The molecule has 0 spiro atoms. The maximum absolute atomic E-state index is 11.5. The molecule has 1 fully saturated rings. The van der Waals surface area contributed by atoms with E-state index in [1.165, 1.54) is 12.6 Å². The van der Waals surface area contributed by atoms with E-state index in [2.05, 4.69) is 14.5 Å². The second kappa shape index (κ2) is 5.55. The van der Waals surface area contributed by atoms with E-state index in [1.54, 1.807) is 4.31 Å². The first-order valence-corrected chi connectivity index (χ1v) is 9.08. The molecule has 0 amide bonds. The molecule has 3 heterocycles. The van der Waals surface area contributed by atoms with Crippen molar-refractivity contribution in [1.82, 2.24) is 18.8 Å². The molecule has 0 radical (unpaired) electrons. The molecule has 0 unspecified atom stereocenters. The number of hydrogen-bond acceptors (Lipinski definition) is 4. The van der Waals surface area contributed by atoms with Gasteiger partial charge in [-0.25, -0.2) is 22.7 Å². The minimum atomic E-state index is -3.06. The molecule has 1 saturated heterocycles. The lowest BCUT2D eigenvalue weighted by atomic mass is 9.98. The molecule has 0 aliphatic carbocycles. The van der Waals surface area contributed by atoms with Crippen LogP contribution in [0.4, 0.5) is 0 Å². The van der Waals surface area contributed by atoms with Gasteiger partial charge in [-0.05, 0) is 24.8 Å². The number of sulfonamides is 1. The summed E-state index contributed by atoms with van der Waals surface area (Å²) < 4.78 is 26.6. The molecule has 8 heteroatoms. The van der Waals surface area contributed by atoms with Gasteiger partial charge >= 0.3 is 0 Å². The van der Waals surface area contributed by atoms with Crippen LogP contribution in [0.1, 0.15) is 12.8 Å². The van der Waals surface area contributed by atoms with Crippen LogP contribution in [0.5, 0.6) is 0 Å². The van der Waals surface area contributed by atoms with Gasteiger partial charge < -0.3 is 4.57 Å². The van der Waals surface area contributed by atoms with Crippen molar-refractivity contribution in [2.45, 2.75) is 19.4 Å². The molecule has 0 atom stereocenters. The summed E-state index contributed by atoms with van der Waals surface area (Å²) in [6.45, 7) is 2.02. The van der Waals surface area contributed by atoms with Gasteiger partial charge in [-0.2, -0.15) is 0 Å². The fourth-order valence-electron chi connectivity index (χ4n) is 2.82. The van der Waals surface area contributed by atoms with Gasteiger partial charge in [0.1, 0.15) is 17.1 Å². The number of rotatable bonds is 3. The lowest BCUT2D eigenvalue weighted by Gasteiger charge is -2.30. The van der Waals surface area contributed by atoms with E-state index < -0.39 is 10.0 Å². The number of hydrogen-bond donors (Lipinski definition) is 0. The highest BCUT2D eigenvalue weighted by Gasteiger charge is 2.25. The lowest BCUT2D eigenvalue weighted by Crippen LogP contribution is -2.38. The maximum Gasteiger partial charge on any atom is 0.211 e. The Labute approximate surface area is 128 Å². The van der Waals surface area contributed by atoms with Crippen molar-refractivity contribution in [3.8, 4) is 0 Å². The van der Waals surface area contributed by atoms with Crippen LogP contribution in [0.15, 0.2) is 18.6 Å². The van der Waals surface area contributed by atoms with Gasteiger partial charge in [0.25, 0.3) is 0 Å². The summed E-state index contributed by atoms with van der Waals surface area (Å²) in [5.41, 5.74) is 0.834. The predicted molar refractivity (Wildman–Crippen MR) is 81.7 cm³/mol. The summed E-state index contributed by atoms with van der Waals surface area (Å²) in [5.74, 6) is 0.451. The minimum absolute atomic E-state index is 0.451. The highest BCUT2D eigenvalue weighted by atomic mass is 35.5. The summed E-state index contributed by atoms with van der Waals surface area (Å²) in [7, 11) is -3.06. The maximum atomic E-state index is 11.5. The first-order valence-electron chi connectivity index (χ1n) is 6.85. The van der Waals surface area contributed by atoms with Crippen LogP contribution >= 0.6 is 11.6 Å². The summed E-state index contributed by atoms with van der Waals surface area (Å²) in [6, 6.07) is 1.92. The van der Waals surface area contributed by atoms with E-state index in [-0.39, 0.29) is 0 Å². The van der Waals surface area contributed by atoms with Crippen molar-refractivity contribution in [3.63, 3.8) is 0 Å². The summed E-state index contributed by atoms with van der Waals surface area (Å²) in [5, 5.41) is 1.32. The topological polar surface area (TPSA) is 68.1 Å². The average Bonchev–Trinajstić information content (AvgIpc) is 2.83. The molecule has 2 aromatic heterocycles. The van der Waals surface area contributed by atoms with E-state index in [4.69, 9.17) is 11.6 Å². The van der Waals surface area contributed by atoms with Crippen LogP contribution in [0.3, 0.4) is 0 Å². The minimum Gasteiger partial charge on any atom is -0.332 e. The normalized spacial score (nSPS) is 18.4. The van der Waals surface area contributed by atoms with E-state index >= 15 is 0 Å². The first kappa shape index (κ1) is 14.7. The number of fused-ring (bicyclic) bond motifs is 1. The fraction of sp³-hybridized carbons (Fsp3) is 0.538. The fourth-order valence-corrected chi connectivity index (χ4v) is 3.89. The quantitative estimate of drug-likeness (QED) is 0.805. The van der Waals surface area contributed by atoms with Gasteiger partial charge in [-0.3, -0.25) is 0 Å². The largest absolute Gasteiger partial charge is 0.332 e. The lowest BCUT2D eigenvalue weighted by molar-refractivity contribution is 0.255. The Hall–Kier alpha value is -1.18. The summed E-state index contributed by atoms with van der Waals surface area (Å²) in [6.07, 6.45) is 6.43. The standard InChI is InChI=1S/C13H17ClN4O2S/c1-21(19,20)18-6-2-10(3-7-18)8-17-5-4-11-12(14)15-9-16-13(11)17/h4-5,9-10H,2-3,6-8H2,1H3. The molecule has 1 aliphatic rings. The third-order valence-electron chi connectivity index (χ3n) is 4.00. The molecule has 2 aromatic rings. The van der Waals surface area contributed by atoms with Crippen molar-refractivity contribution < 1.29 is 8.42 Å². The van der Waals surface area contributed by atoms with Gasteiger partial charge in [0.05, 0.1) is 11.6 Å². The van der Waals surface area contributed by atoms with Crippen LogP contribution in [0, 0.1) is 5.92 Å². The highest BCUT2D eigenvalue weighted by molar-refractivity contribution is 7.88. The van der Waals surface area contributed by atoms with Crippen molar-refractivity contribution in [3.05, 3.63) is 23.7 Å². The summed E-state index contributed by atoms with van der Waals surface area (Å²) in [4.78, 5) is 8.25.